The zero-order chi connectivity index (χ0) is 17.0. The maximum Gasteiger partial charge on any atom is 0.328 e. The number of carbonyl (C=O) groups excluding carboxylic acids is 2. The molecular formula is C17H24ClN3O3. The van der Waals surface area contributed by atoms with E-state index in [-0.39, 0.29) is 24.2 Å². The monoisotopic (exact) mass is 353 g/mol. The lowest BCUT2D eigenvalue weighted by atomic mass is 10.0. The fourth-order valence-corrected chi connectivity index (χ4v) is 2.52. The van der Waals surface area contributed by atoms with Gasteiger partial charge >= 0.3 is 5.97 Å². The van der Waals surface area contributed by atoms with Crippen molar-refractivity contribution >= 4 is 35.2 Å². The molecule has 0 saturated carbocycles. The molecule has 0 aliphatic carbocycles. The summed E-state index contributed by atoms with van der Waals surface area (Å²) in [7, 11) is 1.30. The number of aromatic amines is 1. The van der Waals surface area contributed by atoms with Gasteiger partial charge < -0.3 is 20.8 Å². The van der Waals surface area contributed by atoms with E-state index in [2.05, 4.69) is 10.3 Å². The first-order valence-corrected chi connectivity index (χ1v) is 7.62. The minimum atomic E-state index is -0.736. The van der Waals surface area contributed by atoms with Crippen LogP contribution in [0.4, 0.5) is 0 Å². The molecule has 1 amide bonds. The van der Waals surface area contributed by atoms with E-state index in [0.717, 1.165) is 16.5 Å². The number of nitrogens with two attached hydrogens (primary N) is 1. The Morgan fingerprint density at radius 3 is 2.58 bits per heavy atom. The zero-order valence-electron chi connectivity index (χ0n) is 14.0. The molecule has 0 bridgehead atoms. The summed E-state index contributed by atoms with van der Waals surface area (Å²) >= 11 is 0. The van der Waals surface area contributed by atoms with Crippen LogP contribution in [0.3, 0.4) is 0 Å². The second kappa shape index (κ2) is 8.70. The smallest absolute Gasteiger partial charge is 0.328 e. The topological polar surface area (TPSA) is 97.2 Å². The maximum atomic E-state index is 12.3. The number of benzene rings is 1. The molecule has 6 nitrogen and oxygen atoms in total. The average Bonchev–Trinajstić information content (AvgIpc) is 2.94. The van der Waals surface area contributed by atoms with E-state index in [1.165, 1.54) is 7.11 Å². The number of nitrogens with one attached hydrogen (secondary N) is 2. The summed E-state index contributed by atoms with van der Waals surface area (Å²) in [6, 6.07) is 6.41. The van der Waals surface area contributed by atoms with Crippen LogP contribution < -0.4 is 11.1 Å². The van der Waals surface area contributed by atoms with Crippen molar-refractivity contribution in [3.8, 4) is 0 Å². The van der Waals surface area contributed by atoms with Crippen LogP contribution in [-0.4, -0.2) is 36.1 Å². The molecule has 0 unspecified atom stereocenters. The van der Waals surface area contributed by atoms with Crippen molar-refractivity contribution in [3.63, 3.8) is 0 Å². The number of carbonyl (C=O) groups is 2. The molecule has 2 rings (SSSR count). The molecule has 1 aromatic carbocycles. The van der Waals surface area contributed by atoms with Gasteiger partial charge in [0.2, 0.25) is 5.91 Å². The molecule has 0 saturated heterocycles. The first kappa shape index (κ1) is 20.0. The van der Waals surface area contributed by atoms with Gasteiger partial charge in [0.25, 0.3) is 0 Å². The summed E-state index contributed by atoms with van der Waals surface area (Å²) in [5.74, 6) is -0.904. The first-order valence-electron chi connectivity index (χ1n) is 7.62. The van der Waals surface area contributed by atoms with Crippen LogP contribution in [0.1, 0.15) is 19.4 Å². The van der Waals surface area contributed by atoms with E-state index in [4.69, 9.17) is 10.5 Å². The Bertz CT molecular complexity index is 699. The number of aromatic nitrogens is 1. The summed E-state index contributed by atoms with van der Waals surface area (Å²) in [5, 5.41) is 3.72. The van der Waals surface area contributed by atoms with Crippen LogP contribution >= 0.6 is 12.4 Å². The lowest BCUT2D eigenvalue weighted by molar-refractivity contribution is -0.146. The number of hydrogen-bond acceptors (Lipinski definition) is 4. The highest BCUT2D eigenvalue weighted by molar-refractivity contribution is 5.89. The third-order valence-electron chi connectivity index (χ3n) is 3.87. The van der Waals surface area contributed by atoms with Crippen molar-refractivity contribution < 1.29 is 14.3 Å². The molecule has 0 spiro atoms. The van der Waals surface area contributed by atoms with E-state index >= 15 is 0 Å². The van der Waals surface area contributed by atoms with Crippen molar-refractivity contribution in [2.75, 3.05) is 7.11 Å². The summed E-state index contributed by atoms with van der Waals surface area (Å²) in [6.07, 6.45) is 2.25. The molecule has 2 atom stereocenters. The third kappa shape index (κ3) is 4.49. The van der Waals surface area contributed by atoms with Crippen LogP contribution in [0, 0.1) is 5.92 Å². The van der Waals surface area contributed by atoms with E-state index in [9.17, 15) is 9.59 Å². The largest absolute Gasteiger partial charge is 0.467 e. The second-order valence-electron chi connectivity index (χ2n) is 5.92. The van der Waals surface area contributed by atoms with Gasteiger partial charge in [0, 0.05) is 17.1 Å². The molecule has 2 aromatic rings. The number of H-pyrrole nitrogens is 1. The molecular weight excluding hydrogens is 330 g/mol. The molecule has 132 valence electrons. The van der Waals surface area contributed by atoms with Crippen molar-refractivity contribution in [3.05, 3.63) is 36.0 Å². The van der Waals surface area contributed by atoms with E-state index < -0.39 is 18.1 Å². The van der Waals surface area contributed by atoms with Crippen molar-refractivity contribution in [2.24, 2.45) is 11.7 Å². The minimum Gasteiger partial charge on any atom is -0.467 e. The number of hydrogen-bond donors (Lipinski definition) is 3. The van der Waals surface area contributed by atoms with Crippen LogP contribution in [0.5, 0.6) is 0 Å². The fourth-order valence-electron chi connectivity index (χ4n) is 2.52. The number of methoxy groups -OCH3 is 1. The molecule has 0 fully saturated rings. The number of fused-ring (bicyclic) bond motifs is 1. The van der Waals surface area contributed by atoms with Crippen LogP contribution in [-0.2, 0) is 20.7 Å². The van der Waals surface area contributed by atoms with Gasteiger partial charge in [0.1, 0.15) is 6.04 Å². The SMILES string of the molecule is COC(=O)[C@@H](NC(=O)[C@H](N)Cc1c[nH]c2ccccc12)C(C)C.Cl. The summed E-state index contributed by atoms with van der Waals surface area (Å²) in [4.78, 5) is 27.2. The molecule has 4 N–H and O–H groups in total. The molecule has 0 aliphatic heterocycles. The van der Waals surface area contributed by atoms with Gasteiger partial charge in [0.15, 0.2) is 0 Å². The normalized spacial score (nSPS) is 13.2. The average molecular weight is 354 g/mol. The Kier molecular flexibility index (Phi) is 7.25. The number of halogens is 1. The molecule has 7 heteroatoms. The maximum absolute atomic E-state index is 12.3. The number of rotatable bonds is 6. The van der Waals surface area contributed by atoms with Gasteiger partial charge in [-0.2, -0.15) is 0 Å². The van der Waals surface area contributed by atoms with E-state index in [1.807, 2.05) is 44.3 Å². The van der Waals surface area contributed by atoms with Gasteiger partial charge in [-0.15, -0.1) is 12.4 Å². The number of amides is 1. The molecule has 1 heterocycles. The van der Waals surface area contributed by atoms with Gasteiger partial charge in [-0.25, -0.2) is 4.79 Å². The zero-order valence-corrected chi connectivity index (χ0v) is 14.9. The van der Waals surface area contributed by atoms with Crippen LogP contribution in [0.15, 0.2) is 30.5 Å². The van der Waals surface area contributed by atoms with Crippen LogP contribution in [0.2, 0.25) is 0 Å². The highest BCUT2D eigenvalue weighted by Gasteiger charge is 2.27. The van der Waals surface area contributed by atoms with E-state index in [1.54, 1.807) is 0 Å². The van der Waals surface area contributed by atoms with Gasteiger partial charge in [-0.1, -0.05) is 32.0 Å². The van der Waals surface area contributed by atoms with Gasteiger partial charge in [0.05, 0.1) is 13.2 Å². The summed E-state index contributed by atoms with van der Waals surface area (Å²) in [5.41, 5.74) is 7.99. The quantitative estimate of drug-likeness (QED) is 0.689. The van der Waals surface area contributed by atoms with Crippen molar-refractivity contribution in [1.82, 2.24) is 10.3 Å². The standard InChI is InChI=1S/C17H23N3O3.ClH/c1-10(2)15(17(22)23-3)20-16(21)13(18)8-11-9-19-14-7-5-4-6-12(11)14;/h4-7,9-10,13,15,19H,8,18H2,1-3H3,(H,20,21);1H/t13-,15+;/m1./s1. The predicted octanol–water partition coefficient (Wildman–Crippen LogP) is 1.77. The lowest BCUT2D eigenvalue weighted by Gasteiger charge is -2.21. The van der Waals surface area contributed by atoms with Crippen molar-refractivity contribution in [1.29, 1.82) is 0 Å². The van der Waals surface area contributed by atoms with Gasteiger partial charge in [-0.3, -0.25) is 4.79 Å². The molecule has 1 aromatic heterocycles. The second-order valence-corrected chi connectivity index (χ2v) is 5.92. The van der Waals surface area contributed by atoms with Crippen molar-refractivity contribution in [2.45, 2.75) is 32.4 Å². The third-order valence-corrected chi connectivity index (χ3v) is 3.87. The Labute approximate surface area is 147 Å². The predicted molar refractivity (Wildman–Crippen MR) is 96.0 cm³/mol. The number of ether oxygens (including phenoxy) is 1. The first-order chi connectivity index (χ1) is 10.9. The Hall–Kier alpha value is -2.05. The van der Waals surface area contributed by atoms with Gasteiger partial charge in [-0.05, 0) is 24.0 Å². The Balaban J connectivity index is 0.00000288. The minimum absolute atomic E-state index is 0. The number of esters is 1. The summed E-state index contributed by atoms with van der Waals surface area (Å²) in [6.45, 7) is 3.68. The summed E-state index contributed by atoms with van der Waals surface area (Å²) < 4.78 is 4.72. The Morgan fingerprint density at radius 2 is 1.96 bits per heavy atom. The molecule has 0 radical (unpaired) electrons. The highest BCUT2D eigenvalue weighted by atomic mass is 35.5. The highest BCUT2D eigenvalue weighted by Crippen LogP contribution is 2.18. The lowest BCUT2D eigenvalue weighted by Crippen LogP contribution is -2.51. The Morgan fingerprint density at radius 1 is 1.29 bits per heavy atom. The van der Waals surface area contributed by atoms with E-state index in [0.29, 0.717) is 6.42 Å². The van der Waals surface area contributed by atoms with Crippen LogP contribution in [0.25, 0.3) is 10.9 Å². The fraction of sp³-hybridized carbons (Fsp3) is 0.412. The molecule has 0 aliphatic rings. The number of para-hydroxylation sites is 1. The molecule has 24 heavy (non-hydrogen) atoms.